The molecule has 1 N–H and O–H groups in total. The summed E-state index contributed by atoms with van der Waals surface area (Å²) >= 11 is 0. The Hall–Kier alpha value is -1.32. The molecule has 1 aromatic carbocycles. The fourth-order valence-electron chi connectivity index (χ4n) is 2.00. The molecule has 2 atom stereocenters. The average Bonchev–Trinajstić information content (AvgIpc) is 2.80. The Morgan fingerprint density at radius 1 is 1.28 bits per heavy atom. The molecular formula is C15H21NO2. The number of rotatable bonds is 6. The van der Waals surface area contributed by atoms with Gasteiger partial charge in [0.25, 0.3) is 0 Å². The molecule has 98 valence electrons. The summed E-state index contributed by atoms with van der Waals surface area (Å²) < 4.78 is 11.3. The highest BCUT2D eigenvalue weighted by molar-refractivity contribution is 5.77. The van der Waals surface area contributed by atoms with E-state index in [9.17, 15) is 0 Å². The molecule has 0 amide bonds. The van der Waals surface area contributed by atoms with E-state index in [2.05, 4.69) is 31.3 Å². The molecule has 2 rings (SSSR count). The van der Waals surface area contributed by atoms with Gasteiger partial charge >= 0.3 is 0 Å². The molecule has 3 nitrogen and oxygen atoms in total. The molecular weight excluding hydrogens is 226 g/mol. The standard InChI is InChI=1S/C15H21NO2/c1-4-17-11(2)10-16-12(3)15-9-13-7-5-6-8-14(13)18-15/h5-9,11-12,16H,4,10H2,1-3H3. The minimum Gasteiger partial charge on any atom is -0.459 e. The summed E-state index contributed by atoms with van der Waals surface area (Å²) in [5.74, 6) is 0.972. The van der Waals surface area contributed by atoms with Crippen LogP contribution in [0.25, 0.3) is 11.0 Å². The van der Waals surface area contributed by atoms with Crippen LogP contribution in [-0.4, -0.2) is 19.3 Å². The number of furan rings is 1. The third-order valence-corrected chi connectivity index (χ3v) is 3.03. The van der Waals surface area contributed by atoms with Gasteiger partial charge in [0.1, 0.15) is 11.3 Å². The lowest BCUT2D eigenvalue weighted by molar-refractivity contribution is 0.0738. The molecule has 0 aliphatic carbocycles. The van der Waals surface area contributed by atoms with Crippen LogP contribution >= 0.6 is 0 Å². The van der Waals surface area contributed by atoms with Gasteiger partial charge in [0.2, 0.25) is 0 Å². The largest absolute Gasteiger partial charge is 0.459 e. The lowest BCUT2D eigenvalue weighted by Gasteiger charge is -2.16. The molecule has 0 saturated carbocycles. The molecule has 2 aromatic rings. The van der Waals surface area contributed by atoms with Crippen LogP contribution in [-0.2, 0) is 4.74 Å². The maximum absolute atomic E-state index is 5.82. The normalized spacial score (nSPS) is 14.8. The summed E-state index contributed by atoms with van der Waals surface area (Å²) in [6.45, 7) is 7.77. The molecule has 0 aliphatic heterocycles. The lowest BCUT2D eigenvalue weighted by atomic mass is 10.2. The number of nitrogens with one attached hydrogen (secondary N) is 1. The molecule has 1 aromatic heterocycles. The van der Waals surface area contributed by atoms with Gasteiger partial charge in [0.15, 0.2) is 0 Å². The lowest BCUT2D eigenvalue weighted by Crippen LogP contribution is -2.28. The minimum absolute atomic E-state index is 0.195. The third-order valence-electron chi connectivity index (χ3n) is 3.03. The van der Waals surface area contributed by atoms with Crippen molar-refractivity contribution in [2.45, 2.75) is 32.9 Å². The SMILES string of the molecule is CCOC(C)CNC(C)c1cc2ccccc2o1. The quantitative estimate of drug-likeness (QED) is 0.848. The van der Waals surface area contributed by atoms with E-state index in [4.69, 9.17) is 9.15 Å². The number of ether oxygens (including phenoxy) is 1. The number of hydrogen-bond acceptors (Lipinski definition) is 3. The summed E-state index contributed by atoms with van der Waals surface area (Å²) in [5.41, 5.74) is 0.944. The van der Waals surface area contributed by atoms with Crippen LogP contribution in [0.5, 0.6) is 0 Å². The number of benzene rings is 1. The van der Waals surface area contributed by atoms with Crippen molar-refractivity contribution < 1.29 is 9.15 Å². The highest BCUT2D eigenvalue weighted by Gasteiger charge is 2.12. The molecule has 0 aliphatic rings. The van der Waals surface area contributed by atoms with Crippen molar-refractivity contribution >= 4 is 11.0 Å². The maximum atomic E-state index is 5.82. The molecule has 2 unspecified atom stereocenters. The number of fused-ring (bicyclic) bond motifs is 1. The van der Waals surface area contributed by atoms with Gasteiger partial charge in [-0.3, -0.25) is 0 Å². The van der Waals surface area contributed by atoms with Gasteiger partial charge < -0.3 is 14.5 Å². The molecule has 1 heterocycles. The Balaban J connectivity index is 1.98. The van der Waals surface area contributed by atoms with E-state index >= 15 is 0 Å². The Kier molecular flexibility index (Phi) is 4.39. The van der Waals surface area contributed by atoms with E-state index in [1.165, 1.54) is 0 Å². The monoisotopic (exact) mass is 247 g/mol. The summed E-state index contributed by atoms with van der Waals surface area (Å²) in [7, 11) is 0. The van der Waals surface area contributed by atoms with Gasteiger partial charge in [-0.15, -0.1) is 0 Å². The van der Waals surface area contributed by atoms with Crippen LogP contribution in [0.4, 0.5) is 0 Å². The predicted molar refractivity (Wildman–Crippen MR) is 73.7 cm³/mol. The molecule has 3 heteroatoms. The Morgan fingerprint density at radius 3 is 2.78 bits per heavy atom. The van der Waals surface area contributed by atoms with E-state index in [0.717, 1.165) is 29.9 Å². The van der Waals surface area contributed by atoms with Crippen LogP contribution < -0.4 is 5.32 Å². The Bertz CT molecular complexity index is 459. The summed E-state index contributed by atoms with van der Waals surface area (Å²) in [6, 6.07) is 10.4. The van der Waals surface area contributed by atoms with Gasteiger partial charge in [-0.2, -0.15) is 0 Å². The smallest absolute Gasteiger partial charge is 0.134 e. The first kappa shape index (κ1) is 13.1. The van der Waals surface area contributed by atoms with Gasteiger partial charge in [0, 0.05) is 18.5 Å². The van der Waals surface area contributed by atoms with Crippen molar-refractivity contribution in [2.24, 2.45) is 0 Å². The summed E-state index contributed by atoms with van der Waals surface area (Å²) in [5, 5.41) is 4.58. The second kappa shape index (κ2) is 6.03. The average molecular weight is 247 g/mol. The first-order chi connectivity index (χ1) is 8.70. The predicted octanol–water partition coefficient (Wildman–Crippen LogP) is 3.51. The van der Waals surface area contributed by atoms with Crippen molar-refractivity contribution in [3.05, 3.63) is 36.1 Å². The van der Waals surface area contributed by atoms with E-state index in [-0.39, 0.29) is 12.1 Å². The topological polar surface area (TPSA) is 34.4 Å². The van der Waals surface area contributed by atoms with Crippen LogP contribution in [0.3, 0.4) is 0 Å². The minimum atomic E-state index is 0.195. The summed E-state index contributed by atoms with van der Waals surface area (Å²) in [4.78, 5) is 0. The second-order valence-corrected chi connectivity index (χ2v) is 4.58. The Labute approximate surface area is 108 Å². The van der Waals surface area contributed by atoms with E-state index in [1.54, 1.807) is 0 Å². The number of para-hydroxylation sites is 1. The van der Waals surface area contributed by atoms with Gasteiger partial charge in [0.05, 0.1) is 12.1 Å². The van der Waals surface area contributed by atoms with Crippen molar-refractivity contribution in [1.29, 1.82) is 0 Å². The van der Waals surface area contributed by atoms with Crippen LogP contribution in [0.1, 0.15) is 32.6 Å². The highest BCUT2D eigenvalue weighted by atomic mass is 16.5. The Morgan fingerprint density at radius 2 is 2.06 bits per heavy atom. The van der Waals surface area contributed by atoms with Crippen molar-refractivity contribution in [2.75, 3.05) is 13.2 Å². The van der Waals surface area contributed by atoms with Crippen LogP contribution in [0.15, 0.2) is 34.7 Å². The molecule has 0 saturated heterocycles. The second-order valence-electron chi connectivity index (χ2n) is 4.58. The highest BCUT2D eigenvalue weighted by Crippen LogP contribution is 2.23. The number of hydrogen-bond donors (Lipinski definition) is 1. The van der Waals surface area contributed by atoms with Crippen LogP contribution in [0, 0.1) is 0 Å². The first-order valence-corrected chi connectivity index (χ1v) is 6.54. The zero-order valence-corrected chi connectivity index (χ0v) is 11.3. The van der Waals surface area contributed by atoms with Gasteiger partial charge in [-0.05, 0) is 32.9 Å². The van der Waals surface area contributed by atoms with Gasteiger partial charge in [-0.25, -0.2) is 0 Å². The van der Waals surface area contributed by atoms with Crippen LogP contribution in [0.2, 0.25) is 0 Å². The van der Waals surface area contributed by atoms with Crippen molar-refractivity contribution in [3.8, 4) is 0 Å². The molecule has 0 radical (unpaired) electrons. The molecule has 0 bridgehead atoms. The fourth-order valence-corrected chi connectivity index (χ4v) is 2.00. The van der Waals surface area contributed by atoms with E-state index in [0.29, 0.717) is 0 Å². The van der Waals surface area contributed by atoms with Crippen molar-refractivity contribution in [1.82, 2.24) is 5.32 Å². The summed E-state index contributed by atoms with van der Waals surface area (Å²) in [6.07, 6.45) is 0.224. The zero-order valence-electron chi connectivity index (χ0n) is 11.3. The van der Waals surface area contributed by atoms with E-state index in [1.807, 2.05) is 25.1 Å². The molecule has 18 heavy (non-hydrogen) atoms. The maximum Gasteiger partial charge on any atom is 0.134 e. The van der Waals surface area contributed by atoms with Gasteiger partial charge in [-0.1, -0.05) is 18.2 Å². The van der Waals surface area contributed by atoms with E-state index < -0.39 is 0 Å². The zero-order chi connectivity index (χ0) is 13.0. The first-order valence-electron chi connectivity index (χ1n) is 6.54. The molecule has 0 fully saturated rings. The molecule has 0 spiro atoms. The fraction of sp³-hybridized carbons (Fsp3) is 0.467. The third kappa shape index (κ3) is 3.12. The van der Waals surface area contributed by atoms with Crippen molar-refractivity contribution in [3.63, 3.8) is 0 Å².